The number of aliphatic carboxylic acids is 1. The highest BCUT2D eigenvalue weighted by Crippen LogP contribution is 2.69. The molecule has 4 atom stereocenters. The highest BCUT2D eigenvalue weighted by atomic mass is 16.4. The van der Waals surface area contributed by atoms with Crippen LogP contribution < -0.4 is 0 Å². The molecular formula is C13H16NO2. The molecule has 4 rings (SSSR count). The number of hydrogen-bond donors (Lipinski definition) is 1. The Labute approximate surface area is 95.4 Å². The fourth-order valence-corrected chi connectivity index (χ4v) is 5.00. The molecular weight excluding hydrogens is 202 g/mol. The normalized spacial score (nSPS) is 53.6. The molecule has 16 heavy (non-hydrogen) atoms. The molecule has 4 aliphatic carbocycles. The lowest BCUT2D eigenvalue weighted by atomic mass is 9.40. The highest BCUT2D eigenvalue weighted by Gasteiger charge is 2.64. The first-order chi connectivity index (χ1) is 7.41. The second-order valence-corrected chi connectivity index (χ2v) is 6.49. The first-order valence-electron chi connectivity index (χ1n) is 5.91. The molecule has 0 aromatic carbocycles. The molecule has 1 N–H and O–H groups in total. The standard InChI is InChI=1S/C13H16NO2/c1-11-2-9-3-12(5-11,8-14)7-13(4-9,6-11)10(15)16/h9H,1-7H2,(H,15,16). The maximum atomic E-state index is 11.5. The number of carboxylic acid groups (broad SMARTS) is 1. The minimum Gasteiger partial charge on any atom is -0.481 e. The van der Waals surface area contributed by atoms with Gasteiger partial charge in [-0.25, -0.2) is 0 Å². The Morgan fingerprint density at radius 2 is 2.06 bits per heavy atom. The predicted octanol–water partition coefficient (Wildman–Crippen LogP) is 2.39. The average molecular weight is 218 g/mol. The minimum atomic E-state index is -0.704. The van der Waals surface area contributed by atoms with Gasteiger partial charge in [0.05, 0.1) is 16.9 Å². The monoisotopic (exact) mass is 218 g/mol. The number of carboxylic acids is 1. The summed E-state index contributed by atoms with van der Waals surface area (Å²) in [6.45, 7) is 4.24. The van der Waals surface area contributed by atoms with E-state index in [1.807, 2.05) is 0 Å². The molecule has 3 heteroatoms. The van der Waals surface area contributed by atoms with Crippen LogP contribution in [0.15, 0.2) is 0 Å². The van der Waals surface area contributed by atoms with Gasteiger partial charge in [-0.3, -0.25) is 4.79 Å². The van der Waals surface area contributed by atoms with Crippen molar-refractivity contribution in [1.82, 2.24) is 0 Å². The number of rotatable bonds is 1. The van der Waals surface area contributed by atoms with Gasteiger partial charge in [-0.05, 0) is 56.8 Å². The van der Waals surface area contributed by atoms with Crippen LogP contribution in [0, 0.1) is 40.4 Å². The third-order valence-electron chi connectivity index (χ3n) is 4.87. The van der Waals surface area contributed by atoms with Crippen LogP contribution in [-0.2, 0) is 4.79 Å². The number of nitriles is 1. The number of carbonyl (C=O) groups is 1. The van der Waals surface area contributed by atoms with Gasteiger partial charge in [0.2, 0.25) is 0 Å². The van der Waals surface area contributed by atoms with Gasteiger partial charge in [0.15, 0.2) is 0 Å². The quantitative estimate of drug-likeness (QED) is 0.735. The lowest BCUT2D eigenvalue weighted by Crippen LogP contribution is -2.58. The summed E-state index contributed by atoms with van der Waals surface area (Å²) in [6.07, 6.45) is 4.72. The van der Waals surface area contributed by atoms with Crippen molar-refractivity contribution in [2.75, 3.05) is 0 Å². The minimum absolute atomic E-state index is 0.145. The van der Waals surface area contributed by atoms with E-state index in [0.29, 0.717) is 18.8 Å². The van der Waals surface area contributed by atoms with Gasteiger partial charge in [0.1, 0.15) is 0 Å². The summed E-state index contributed by atoms with van der Waals surface area (Å²) < 4.78 is 0. The third kappa shape index (κ3) is 1.10. The van der Waals surface area contributed by atoms with Gasteiger partial charge in [0, 0.05) is 0 Å². The molecule has 4 saturated carbocycles. The Bertz CT molecular complexity index is 413. The van der Waals surface area contributed by atoms with E-state index in [-0.39, 0.29) is 10.8 Å². The molecule has 4 unspecified atom stereocenters. The summed E-state index contributed by atoms with van der Waals surface area (Å²) in [7, 11) is 0. The van der Waals surface area contributed by atoms with E-state index in [4.69, 9.17) is 0 Å². The van der Waals surface area contributed by atoms with Crippen molar-refractivity contribution in [3.63, 3.8) is 0 Å². The van der Waals surface area contributed by atoms with Gasteiger partial charge in [0.25, 0.3) is 0 Å². The van der Waals surface area contributed by atoms with Crippen LogP contribution in [0.4, 0.5) is 0 Å². The van der Waals surface area contributed by atoms with Crippen LogP contribution in [0.2, 0.25) is 0 Å². The molecule has 0 aliphatic heterocycles. The summed E-state index contributed by atoms with van der Waals surface area (Å²) in [5.41, 5.74) is -1.18. The molecule has 4 fully saturated rings. The Kier molecular flexibility index (Phi) is 1.65. The van der Waals surface area contributed by atoms with Gasteiger partial charge in [-0.1, -0.05) is 0 Å². The van der Waals surface area contributed by atoms with Crippen molar-refractivity contribution >= 4 is 5.97 Å². The molecule has 0 amide bonds. The summed E-state index contributed by atoms with van der Waals surface area (Å²) >= 11 is 0. The molecule has 85 valence electrons. The summed E-state index contributed by atoms with van der Waals surface area (Å²) in [5, 5.41) is 18.8. The zero-order valence-electron chi connectivity index (χ0n) is 9.33. The molecule has 0 aromatic heterocycles. The molecule has 4 bridgehead atoms. The van der Waals surface area contributed by atoms with E-state index >= 15 is 0 Å². The lowest BCUT2D eigenvalue weighted by Gasteiger charge is -2.62. The van der Waals surface area contributed by atoms with Gasteiger partial charge >= 0.3 is 5.97 Å². The first kappa shape index (κ1) is 10.1. The van der Waals surface area contributed by atoms with E-state index in [0.717, 1.165) is 25.7 Å². The lowest BCUT2D eigenvalue weighted by molar-refractivity contribution is -0.177. The molecule has 4 aliphatic rings. The van der Waals surface area contributed by atoms with Gasteiger partial charge < -0.3 is 5.11 Å². The predicted molar refractivity (Wildman–Crippen MR) is 57.1 cm³/mol. The maximum Gasteiger partial charge on any atom is 0.309 e. The number of hydrogen-bond acceptors (Lipinski definition) is 2. The van der Waals surface area contributed by atoms with Crippen LogP contribution in [0.25, 0.3) is 0 Å². The van der Waals surface area contributed by atoms with Crippen LogP contribution in [-0.4, -0.2) is 11.1 Å². The molecule has 0 heterocycles. The molecule has 0 spiro atoms. The number of nitrogens with zero attached hydrogens (tertiary/aromatic N) is 1. The van der Waals surface area contributed by atoms with E-state index in [9.17, 15) is 15.2 Å². The highest BCUT2D eigenvalue weighted by molar-refractivity contribution is 5.76. The second-order valence-electron chi connectivity index (χ2n) is 6.49. The Morgan fingerprint density at radius 3 is 2.62 bits per heavy atom. The average Bonchev–Trinajstić information content (AvgIpc) is 2.13. The van der Waals surface area contributed by atoms with Crippen molar-refractivity contribution in [2.24, 2.45) is 22.2 Å². The summed E-state index contributed by atoms with van der Waals surface area (Å²) in [4.78, 5) is 11.5. The van der Waals surface area contributed by atoms with Gasteiger partial charge in [-0.15, -0.1) is 0 Å². The smallest absolute Gasteiger partial charge is 0.309 e. The zero-order valence-corrected chi connectivity index (χ0v) is 9.33. The summed E-state index contributed by atoms with van der Waals surface area (Å²) in [5.74, 6) is -0.297. The molecule has 0 aromatic rings. The van der Waals surface area contributed by atoms with E-state index in [1.54, 1.807) is 0 Å². The molecule has 0 saturated heterocycles. The van der Waals surface area contributed by atoms with Crippen molar-refractivity contribution in [2.45, 2.75) is 38.5 Å². The topological polar surface area (TPSA) is 61.1 Å². The Balaban J connectivity index is 2.09. The van der Waals surface area contributed by atoms with E-state index in [1.165, 1.54) is 0 Å². The maximum absolute atomic E-state index is 11.5. The first-order valence-corrected chi connectivity index (χ1v) is 5.91. The Morgan fingerprint density at radius 1 is 1.31 bits per heavy atom. The van der Waals surface area contributed by atoms with Crippen LogP contribution in [0.1, 0.15) is 38.5 Å². The van der Waals surface area contributed by atoms with Crippen molar-refractivity contribution in [3.05, 3.63) is 6.92 Å². The summed E-state index contributed by atoms with van der Waals surface area (Å²) in [6, 6.07) is 2.41. The Hall–Kier alpha value is -1.04. The SMILES string of the molecule is [CH2]C12CC3CC(C#N)(C1)CC(C(=O)O)(C3)C2. The molecule has 1 radical (unpaired) electrons. The molecule has 3 nitrogen and oxygen atoms in total. The van der Waals surface area contributed by atoms with Crippen LogP contribution in [0.5, 0.6) is 0 Å². The van der Waals surface area contributed by atoms with Crippen molar-refractivity contribution < 1.29 is 9.90 Å². The second kappa shape index (κ2) is 2.61. The third-order valence-corrected chi connectivity index (χ3v) is 4.87. The van der Waals surface area contributed by atoms with Crippen LogP contribution >= 0.6 is 0 Å². The fourth-order valence-electron chi connectivity index (χ4n) is 5.00. The zero-order chi connectivity index (χ0) is 11.6. The van der Waals surface area contributed by atoms with Crippen molar-refractivity contribution in [3.8, 4) is 6.07 Å². The van der Waals surface area contributed by atoms with Gasteiger partial charge in [-0.2, -0.15) is 5.26 Å². The van der Waals surface area contributed by atoms with Crippen molar-refractivity contribution in [1.29, 1.82) is 5.26 Å². The largest absolute Gasteiger partial charge is 0.481 e. The van der Waals surface area contributed by atoms with Crippen LogP contribution in [0.3, 0.4) is 0 Å². The van der Waals surface area contributed by atoms with E-state index in [2.05, 4.69) is 13.0 Å². The van der Waals surface area contributed by atoms with E-state index < -0.39 is 11.4 Å². The fraction of sp³-hybridized carbons (Fsp3) is 0.769.